The number of hydrogen-bond donors (Lipinski definition) is 0. The highest BCUT2D eigenvalue weighted by atomic mass is 19.4. The largest absolute Gasteiger partial charge is 0.466 e. The van der Waals surface area contributed by atoms with Gasteiger partial charge in [-0.1, -0.05) is 25.5 Å². The molecule has 33 heavy (non-hydrogen) atoms. The molecular formula is C23H23F6NO3. The molecule has 1 atom stereocenters. The first-order valence-corrected chi connectivity index (χ1v) is 10.3. The van der Waals surface area contributed by atoms with E-state index in [1.54, 1.807) is 0 Å². The summed E-state index contributed by atoms with van der Waals surface area (Å²) in [5.74, 6) is -2.38. The number of unbranched alkanes of at least 4 members (excludes halogenated alkanes) is 1. The second-order valence-electron chi connectivity index (χ2n) is 7.42. The number of ether oxygens (including phenoxy) is 1. The van der Waals surface area contributed by atoms with Gasteiger partial charge in [-0.25, -0.2) is 0 Å². The summed E-state index contributed by atoms with van der Waals surface area (Å²) in [7, 11) is 0. The fraction of sp³-hybridized carbons (Fsp3) is 0.435. The third-order valence-electron chi connectivity index (χ3n) is 4.92. The molecule has 1 aromatic heterocycles. The predicted molar refractivity (Wildman–Crippen MR) is 107 cm³/mol. The monoisotopic (exact) mass is 475 g/mol. The molecule has 10 heteroatoms. The first kappa shape index (κ1) is 26.3. The summed E-state index contributed by atoms with van der Waals surface area (Å²) in [6.07, 6.45) is -7.77. The van der Waals surface area contributed by atoms with Crippen molar-refractivity contribution in [1.29, 1.82) is 0 Å². The third-order valence-corrected chi connectivity index (χ3v) is 4.92. The van der Waals surface area contributed by atoms with Crippen LogP contribution in [-0.2, 0) is 26.7 Å². The maximum absolute atomic E-state index is 13.5. The van der Waals surface area contributed by atoms with Gasteiger partial charge in [0.25, 0.3) is 0 Å². The average molecular weight is 475 g/mol. The molecule has 0 saturated carbocycles. The Morgan fingerprint density at radius 1 is 0.970 bits per heavy atom. The van der Waals surface area contributed by atoms with E-state index in [0.29, 0.717) is 6.42 Å². The van der Waals surface area contributed by atoms with Crippen molar-refractivity contribution in [2.75, 3.05) is 6.61 Å². The second-order valence-corrected chi connectivity index (χ2v) is 7.42. The summed E-state index contributed by atoms with van der Waals surface area (Å²) in [5, 5.41) is 0. The smallest absolute Gasteiger partial charge is 0.418 e. The molecule has 4 nitrogen and oxygen atoms in total. The Kier molecular flexibility index (Phi) is 9.01. The van der Waals surface area contributed by atoms with E-state index in [0.717, 1.165) is 49.0 Å². The minimum Gasteiger partial charge on any atom is -0.466 e. The number of nitrogens with zero attached hydrogens (tertiary/aromatic N) is 1. The number of benzene rings is 1. The van der Waals surface area contributed by atoms with Gasteiger partial charge in [0, 0.05) is 25.0 Å². The zero-order valence-corrected chi connectivity index (χ0v) is 17.8. The topological polar surface area (TPSA) is 56.3 Å². The van der Waals surface area contributed by atoms with E-state index in [-0.39, 0.29) is 25.0 Å². The fourth-order valence-electron chi connectivity index (χ4n) is 3.19. The molecule has 0 spiro atoms. The number of rotatable bonds is 10. The molecule has 2 aromatic rings. The van der Waals surface area contributed by atoms with Crippen molar-refractivity contribution in [2.45, 2.75) is 57.3 Å². The first-order chi connectivity index (χ1) is 15.4. The van der Waals surface area contributed by atoms with Crippen LogP contribution >= 0.6 is 0 Å². The third kappa shape index (κ3) is 7.87. The molecule has 0 aliphatic rings. The van der Waals surface area contributed by atoms with Crippen molar-refractivity contribution in [3.05, 3.63) is 65.0 Å². The predicted octanol–water partition coefficient (Wildman–Crippen LogP) is 6.33. The van der Waals surface area contributed by atoms with E-state index in [1.165, 1.54) is 0 Å². The van der Waals surface area contributed by atoms with Crippen LogP contribution in [-0.4, -0.2) is 23.3 Å². The molecule has 0 N–H and O–H groups in total. The van der Waals surface area contributed by atoms with Crippen molar-refractivity contribution in [1.82, 2.24) is 4.98 Å². The van der Waals surface area contributed by atoms with Gasteiger partial charge < -0.3 is 4.74 Å². The lowest BCUT2D eigenvalue weighted by atomic mass is 9.86. The van der Waals surface area contributed by atoms with Crippen molar-refractivity contribution in [3.63, 3.8) is 0 Å². The number of Topliss-reactive ketones (excluding diaryl/α,β-unsaturated/α-hetero) is 1. The lowest BCUT2D eigenvalue weighted by molar-refractivity contribution is -0.145. The number of aromatic nitrogens is 1. The molecule has 1 aromatic carbocycles. The molecule has 0 radical (unpaired) electrons. The quantitative estimate of drug-likeness (QED) is 0.229. The zero-order chi connectivity index (χ0) is 24.6. The van der Waals surface area contributed by atoms with Crippen molar-refractivity contribution in [3.8, 4) is 0 Å². The van der Waals surface area contributed by atoms with Gasteiger partial charge in [-0.15, -0.1) is 0 Å². The normalized spacial score (nSPS) is 12.9. The van der Waals surface area contributed by atoms with Gasteiger partial charge in [0.1, 0.15) is 5.78 Å². The Bertz CT molecular complexity index is 938. The summed E-state index contributed by atoms with van der Waals surface area (Å²) >= 11 is 0. The van der Waals surface area contributed by atoms with Gasteiger partial charge in [0.15, 0.2) is 0 Å². The van der Waals surface area contributed by atoms with Crippen LogP contribution in [0.1, 0.15) is 67.3 Å². The van der Waals surface area contributed by atoms with E-state index in [1.807, 2.05) is 6.92 Å². The van der Waals surface area contributed by atoms with Crippen LogP contribution < -0.4 is 0 Å². The van der Waals surface area contributed by atoms with Crippen molar-refractivity contribution in [2.24, 2.45) is 0 Å². The molecule has 0 fully saturated rings. The molecule has 0 saturated heterocycles. The Morgan fingerprint density at radius 2 is 1.64 bits per heavy atom. The maximum atomic E-state index is 13.5. The Labute approximate surface area is 187 Å². The SMILES string of the molecule is CCCCOC(=O)CCC(=O)C[C@@H](c1ccc(C(F)(F)F)cc1)c1ncccc1C(F)(F)F. The highest BCUT2D eigenvalue weighted by molar-refractivity contribution is 5.84. The van der Waals surface area contributed by atoms with E-state index in [4.69, 9.17) is 4.74 Å². The van der Waals surface area contributed by atoms with Crippen molar-refractivity contribution >= 4 is 11.8 Å². The van der Waals surface area contributed by atoms with Crippen LogP contribution in [0.2, 0.25) is 0 Å². The van der Waals surface area contributed by atoms with Crippen LogP contribution in [0.15, 0.2) is 42.6 Å². The number of carbonyl (C=O) groups is 2. The van der Waals surface area contributed by atoms with Crippen LogP contribution in [0.3, 0.4) is 0 Å². The zero-order valence-electron chi connectivity index (χ0n) is 17.8. The minimum absolute atomic E-state index is 0.0751. The van der Waals surface area contributed by atoms with E-state index in [2.05, 4.69) is 4.98 Å². The van der Waals surface area contributed by atoms with Gasteiger partial charge in [-0.3, -0.25) is 14.6 Å². The van der Waals surface area contributed by atoms with Gasteiger partial charge in [-0.2, -0.15) is 26.3 Å². The fourth-order valence-corrected chi connectivity index (χ4v) is 3.19. The van der Waals surface area contributed by atoms with Crippen LogP contribution in [0.5, 0.6) is 0 Å². The molecule has 0 unspecified atom stereocenters. The number of carbonyl (C=O) groups excluding carboxylic acids is 2. The highest BCUT2D eigenvalue weighted by Gasteiger charge is 2.37. The summed E-state index contributed by atoms with van der Waals surface area (Å²) in [6.45, 7) is 2.12. The maximum Gasteiger partial charge on any atom is 0.418 e. The standard InChI is InChI=1S/C23H23F6NO3/c1-2-3-13-33-20(32)11-10-17(31)14-18(15-6-8-16(9-7-15)22(24,25)26)21-19(23(27,28)29)5-4-12-30-21/h4-9,12,18H,2-3,10-11,13-14H2,1H3/t18-/m0/s1. The van der Waals surface area contributed by atoms with Gasteiger partial charge in [0.2, 0.25) is 0 Å². The summed E-state index contributed by atoms with van der Waals surface area (Å²) in [4.78, 5) is 28.1. The number of hydrogen-bond acceptors (Lipinski definition) is 4. The van der Waals surface area contributed by atoms with E-state index >= 15 is 0 Å². The highest BCUT2D eigenvalue weighted by Crippen LogP contribution is 2.39. The van der Waals surface area contributed by atoms with Gasteiger partial charge in [0.05, 0.1) is 29.8 Å². The Hall–Kier alpha value is -2.91. The minimum atomic E-state index is -4.78. The molecular weight excluding hydrogens is 452 g/mol. The van der Waals surface area contributed by atoms with Gasteiger partial charge >= 0.3 is 18.3 Å². The molecule has 1 heterocycles. The summed E-state index contributed by atoms with van der Waals surface area (Å²) in [6, 6.07) is 5.45. The molecule has 0 aliphatic carbocycles. The lowest BCUT2D eigenvalue weighted by Gasteiger charge is -2.21. The van der Waals surface area contributed by atoms with Crippen molar-refractivity contribution < 1.29 is 40.7 Å². The van der Waals surface area contributed by atoms with Gasteiger partial charge in [-0.05, 0) is 36.2 Å². The molecule has 180 valence electrons. The number of esters is 1. The second kappa shape index (κ2) is 11.3. The Balaban J connectivity index is 2.29. The van der Waals surface area contributed by atoms with Crippen LogP contribution in [0.4, 0.5) is 26.3 Å². The number of halogens is 6. The molecule has 0 amide bonds. The average Bonchev–Trinajstić information content (AvgIpc) is 2.75. The van der Waals surface area contributed by atoms with E-state index in [9.17, 15) is 35.9 Å². The molecule has 2 rings (SSSR count). The summed E-state index contributed by atoms with van der Waals surface area (Å²) in [5.41, 5.74) is -2.44. The summed E-state index contributed by atoms with van der Waals surface area (Å²) < 4.78 is 84.3. The number of pyridine rings is 1. The Morgan fingerprint density at radius 3 is 2.21 bits per heavy atom. The molecule has 0 bridgehead atoms. The van der Waals surface area contributed by atoms with E-state index < -0.39 is 53.3 Å². The van der Waals surface area contributed by atoms with Crippen LogP contribution in [0, 0.1) is 0 Å². The lowest BCUT2D eigenvalue weighted by Crippen LogP contribution is -2.18. The number of ketones is 1. The van der Waals surface area contributed by atoms with Crippen LogP contribution in [0.25, 0.3) is 0 Å². The first-order valence-electron chi connectivity index (χ1n) is 10.3. The molecule has 0 aliphatic heterocycles. The number of alkyl halides is 6.